The third kappa shape index (κ3) is 2.69. The molecular weight excluding hydrogens is 166 g/mol. The Morgan fingerprint density at radius 1 is 1.38 bits per heavy atom. The second-order valence-corrected chi connectivity index (χ2v) is 3.67. The van der Waals surface area contributed by atoms with E-state index in [1.54, 1.807) is 14.2 Å². The van der Waals surface area contributed by atoms with E-state index in [4.69, 9.17) is 4.74 Å². The van der Waals surface area contributed by atoms with Crippen molar-refractivity contribution < 1.29 is 9.53 Å². The lowest BCUT2D eigenvalue weighted by Gasteiger charge is -2.27. The van der Waals surface area contributed by atoms with Gasteiger partial charge in [-0.3, -0.25) is 4.79 Å². The number of hydrogen-bond acceptors (Lipinski definition) is 2. The lowest BCUT2D eigenvalue weighted by Crippen LogP contribution is -2.39. The molecule has 0 spiro atoms. The van der Waals surface area contributed by atoms with Gasteiger partial charge in [0.15, 0.2) is 0 Å². The van der Waals surface area contributed by atoms with Crippen molar-refractivity contribution in [2.45, 2.75) is 38.2 Å². The molecule has 0 aromatic carbocycles. The summed E-state index contributed by atoms with van der Waals surface area (Å²) in [6.07, 6.45) is 5.81. The highest BCUT2D eigenvalue weighted by Gasteiger charge is 2.28. The minimum atomic E-state index is -0.231. The van der Waals surface area contributed by atoms with Crippen molar-refractivity contribution in [1.29, 1.82) is 0 Å². The number of rotatable bonds is 3. The number of amides is 1. The van der Waals surface area contributed by atoms with Gasteiger partial charge in [-0.15, -0.1) is 0 Å². The molecule has 1 fully saturated rings. The summed E-state index contributed by atoms with van der Waals surface area (Å²) < 4.78 is 5.23. The minimum absolute atomic E-state index is 0.0226. The van der Waals surface area contributed by atoms with Crippen LogP contribution in [0.15, 0.2) is 0 Å². The lowest BCUT2D eigenvalue weighted by atomic mass is 9.85. The number of carbonyl (C=O) groups is 1. The summed E-state index contributed by atoms with van der Waals surface area (Å²) in [7, 11) is 3.28. The van der Waals surface area contributed by atoms with Crippen LogP contribution in [-0.4, -0.2) is 26.2 Å². The van der Waals surface area contributed by atoms with Crippen LogP contribution in [0.4, 0.5) is 0 Å². The molecule has 0 saturated heterocycles. The summed E-state index contributed by atoms with van der Waals surface area (Å²) in [6.45, 7) is 0. The van der Waals surface area contributed by atoms with Crippen LogP contribution >= 0.6 is 0 Å². The van der Waals surface area contributed by atoms with Crippen LogP contribution in [0.25, 0.3) is 0 Å². The van der Waals surface area contributed by atoms with Gasteiger partial charge in [-0.1, -0.05) is 19.3 Å². The zero-order valence-corrected chi connectivity index (χ0v) is 8.51. The molecule has 1 amide bonds. The zero-order valence-electron chi connectivity index (χ0n) is 8.51. The molecule has 1 aliphatic carbocycles. The first-order valence-electron chi connectivity index (χ1n) is 5.04. The lowest BCUT2D eigenvalue weighted by molar-refractivity contribution is -0.134. The molecule has 1 saturated carbocycles. The Bertz CT molecular complexity index is 164. The van der Waals surface area contributed by atoms with Crippen molar-refractivity contribution in [3.63, 3.8) is 0 Å². The number of likely N-dealkylation sites (N-methyl/N-ethyl adjacent to an activating group) is 1. The van der Waals surface area contributed by atoms with Crippen LogP contribution in [0, 0.1) is 5.92 Å². The van der Waals surface area contributed by atoms with E-state index in [0.717, 1.165) is 12.8 Å². The topological polar surface area (TPSA) is 38.3 Å². The molecular formula is C10H19NO2. The highest BCUT2D eigenvalue weighted by Crippen LogP contribution is 2.27. The van der Waals surface area contributed by atoms with E-state index in [0.29, 0.717) is 5.92 Å². The van der Waals surface area contributed by atoms with E-state index in [1.807, 2.05) is 0 Å². The molecule has 76 valence electrons. The van der Waals surface area contributed by atoms with Crippen LogP contribution in [0.3, 0.4) is 0 Å². The van der Waals surface area contributed by atoms with Crippen LogP contribution in [-0.2, 0) is 9.53 Å². The van der Waals surface area contributed by atoms with Gasteiger partial charge in [-0.25, -0.2) is 0 Å². The predicted octanol–water partition coefficient (Wildman–Crippen LogP) is 1.33. The first-order chi connectivity index (χ1) is 6.29. The second kappa shape index (κ2) is 5.22. The molecule has 13 heavy (non-hydrogen) atoms. The molecule has 0 heterocycles. The van der Waals surface area contributed by atoms with Crippen molar-refractivity contribution in [2.24, 2.45) is 5.92 Å². The first kappa shape index (κ1) is 10.5. The molecule has 0 aromatic rings. The third-order valence-electron chi connectivity index (χ3n) is 2.84. The monoisotopic (exact) mass is 185 g/mol. The normalized spacial score (nSPS) is 21.1. The number of nitrogens with one attached hydrogen (secondary N) is 1. The van der Waals surface area contributed by atoms with Crippen molar-refractivity contribution in [3.05, 3.63) is 0 Å². The quantitative estimate of drug-likeness (QED) is 0.720. The van der Waals surface area contributed by atoms with Gasteiger partial charge < -0.3 is 10.1 Å². The molecule has 0 aliphatic heterocycles. The standard InChI is InChI=1S/C10H19NO2/c1-11-10(12)9(13-2)8-6-4-3-5-7-8/h8-9H,3-7H2,1-2H3,(H,11,12). The second-order valence-electron chi connectivity index (χ2n) is 3.67. The zero-order chi connectivity index (χ0) is 9.68. The van der Waals surface area contributed by atoms with E-state index in [9.17, 15) is 4.79 Å². The van der Waals surface area contributed by atoms with Crippen LogP contribution in [0.2, 0.25) is 0 Å². The van der Waals surface area contributed by atoms with Crippen molar-refractivity contribution in [2.75, 3.05) is 14.2 Å². The average Bonchev–Trinajstić information content (AvgIpc) is 2.20. The van der Waals surface area contributed by atoms with Gasteiger partial charge in [0.2, 0.25) is 5.91 Å². The van der Waals surface area contributed by atoms with Gasteiger partial charge in [0.1, 0.15) is 6.10 Å². The minimum Gasteiger partial charge on any atom is -0.371 e. The maximum atomic E-state index is 11.4. The van der Waals surface area contributed by atoms with Gasteiger partial charge in [-0.2, -0.15) is 0 Å². The fourth-order valence-corrected chi connectivity index (χ4v) is 2.09. The maximum Gasteiger partial charge on any atom is 0.249 e. The SMILES string of the molecule is CNC(=O)C(OC)C1CCCCC1. The number of carbonyl (C=O) groups excluding carboxylic acids is 1. The summed E-state index contributed by atoms with van der Waals surface area (Å²) in [4.78, 5) is 11.4. The molecule has 0 radical (unpaired) electrons. The third-order valence-corrected chi connectivity index (χ3v) is 2.84. The summed E-state index contributed by atoms with van der Waals surface area (Å²) in [5.74, 6) is 0.452. The van der Waals surface area contributed by atoms with E-state index in [-0.39, 0.29) is 12.0 Å². The van der Waals surface area contributed by atoms with Crippen LogP contribution in [0.5, 0.6) is 0 Å². The Balaban J connectivity index is 2.48. The average molecular weight is 185 g/mol. The molecule has 1 rings (SSSR count). The molecule has 1 aliphatic rings. The highest BCUT2D eigenvalue weighted by atomic mass is 16.5. The largest absolute Gasteiger partial charge is 0.371 e. The Labute approximate surface area is 79.8 Å². The molecule has 1 N–H and O–H groups in total. The molecule has 3 nitrogen and oxygen atoms in total. The molecule has 0 aromatic heterocycles. The molecule has 3 heteroatoms. The maximum absolute atomic E-state index is 11.4. The molecule has 1 unspecified atom stereocenters. The summed E-state index contributed by atoms with van der Waals surface area (Å²) in [5, 5.41) is 2.65. The van der Waals surface area contributed by atoms with E-state index in [1.165, 1.54) is 19.3 Å². The van der Waals surface area contributed by atoms with Crippen molar-refractivity contribution >= 4 is 5.91 Å². The highest BCUT2D eigenvalue weighted by molar-refractivity contribution is 5.80. The fraction of sp³-hybridized carbons (Fsp3) is 0.900. The van der Waals surface area contributed by atoms with Crippen molar-refractivity contribution in [3.8, 4) is 0 Å². The van der Waals surface area contributed by atoms with E-state index < -0.39 is 0 Å². The summed E-state index contributed by atoms with van der Waals surface area (Å²) in [5.41, 5.74) is 0. The fourth-order valence-electron chi connectivity index (χ4n) is 2.09. The Hall–Kier alpha value is -0.570. The van der Waals surface area contributed by atoms with Crippen molar-refractivity contribution in [1.82, 2.24) is 5.32 Å². The number of hydrogen-bond donors (Lipinski definition) is 1. The van der Waals surface area contributed by atoms with Gasteiger partial charge in [-0.05, 0) is 18.8 Å². The molecule has 1 atom stereocenters. The van der Waals surface area contributed by atoms with Gasteiger partial charge in [0.05, 0.1) is 0 Å². The number of methoxy groups -OCH3 is 1. The van der Waals surface area contributed by atoms with Gasteiger partial charge in [0, 0.05) is 14.2 Å². The smallest absolute Gasteiger partial charge is 0.249 e. The summed E-state index contributed by atoms with van der Waals surface area (Å²) >= 11 is 0. The Morgan fingerprint density at radius 2 is 2.00 bits per heavy atom. The van der Waals surface area contributed by atoms with Gasteiger partial charge in [0.25, 0.3) is 0 Å². The first-order valence-corrected chi connectivity index (χ1v) is 5.04. The van der Waals surface area contributed by atoms with E-state index >= 15 is 0 Å². The Kier molecular flexibility index (Phi) is 4.22. The Morgan fingerprint density at radius 3 is 2.46 bits per heavy atom. The number of ether oxygens (including phenoxy) is 1. The predicted molar refractivity (Wildman–Crippen MR) is 51.4 cm³/mol. The van der Waals surface area contributed by atoms with Crippen LogP contribution in [0.1, 0.15) is 32.1 Å². The van der Waals surface area contributed by atoms with E-state index in [2.05, 4.69) is 5.32 Å². The van der Waals surface area contributed by atoms with Gasteiger partial charge >= 0.3 is 0 Å². The van der Waals surface area contributed by atoms with Crippen LogP contribution < -0.4 is 5.32 Å². The molecule has 0 bridgehead atoms. The summed E-state index contributed by atoms with van der Waals surface area (Å²) in [6, 6.07) is 0.